The van der Waals surface area contributed by atoms with E-state index in [0.29, 0.717) is 17.6 Å². The molecule has 2 fully saturated rings. The topological polar surface area (TPSA) is 20.3 Å². The van der Waals surface area contributed by atoms with Crippen molar-refractivity contribution in [2.24, 2.45) is 5.92 Å². The molecule has 0 spiro atoms. The highest BCUT2D eigenvalue weighted by molar-refractivity contribution is 5.99. The molecule has 2 aliphatic heterocycles. The molecule has 142 valence electrons. The van der Waals surface area contributed by atoms with E-state index in [9.17, 15) is 13.6 Å². The van der Waals surface area contributed by atoms with Crippen molar-refractivity contribution in [1.82, 2.24) is 4.90 Å². The van der Waals surface area contributed by atoms with Crippen molar-refractivity contribution in [2.45, 2.75) is 57.7 Å². The number of carbonyl (C=O) groups excluding carboxylic acids is 1. The second kappa shape index (κ2) is 7.51. The van der Waals surface area contributed by atoms with Gasteiger partial charge in [-0.15, -0.1) is 0 Å². The van der Waals surface area contributed by atoms with Crippen molar-refractivity contribution in [3.8, 4) is 0 Å². The van der Waals surface area contributed by atoms with E-state index in [-0.39, 0.29) is 17.3 Å². The number of hydrogen-bond acceptors (Lipinski definition) is 2. The summed E-state index contributed by atoms with van der Waals surface area (Å²) in [5, 5.41) is 0. The molecule has 0 aliphatic carbocycles. The lowest BCUT2D eigenvalue weighted by molar-refractivity contribution is 0.00903. The van der Waals surface area contributed by atoms with Gasteiger partial charge in [0.25, 0.3) is 0 Å². The van der Waals surface area contributed by atoms with Crippen molar-refractivity contribution >= 4 is 5.78 Å². The second-order valence-corrected chi connectivity index (χ2v) is 7.96. The molecule has 2 saturated heterocycles. The third kappa shape index (κ3) is 3.55. The highest BCUT2D eigenvalue weighted by Gasteiger charge is 2.41. The van der Waals surface area contributed by atoms with Gasteiger partial charge in [0.15, 0.2) is 17.4 Å². The highest BCUT2D eigenvalue weighted by atomic mass is 19.2. The van der Waals surface area contributed by atoms with Gasteiger partial charge in [0.1, 0.15) is 0 Å². The standard InChI is InChI=1S/C23H25F2NO/c1-15-20(10-11-21(24)22(15)25)23(27)17-12-18-8-5-9-19(13-17)26(18)14-16-6-3-2-4-7-16/h2-4,6-7,10-11,17-19H,5,8-9,12-14H2,1H3. The van der Waals surface area contributed by atoms with Crippen LogP contribution in [0.5, 0.6) is 0 Å². The number of benzene rings is 2. The summed E-state index contributed by atoms with van der Waals surface area (Å²) in [6.45, 7) is 2.41. The molecular weight excluding hydrogens is 344 g/mol. The molecule has 2 nitrogen and oxygen atoms in total. The number of nitrogens with zero attached hydrogens (tertiary/aromatic N) is 1. The van der Waals surface area contributed by atoms with Crippen LogP contribution in [0, 0.1) is 24.5 Å². The molecule has 0 saturated carbocycles. The molecule has 0 aromatic heterocycles. The molecule has 0 radical (unpaired) electrons. The van der Waals surface area contributed by atoms with Crippen LogP contribution in [0.2, 0.25) is 0 Å². The average molecular weight is 369 g/mol. The zero-order valence-electron chi connectivity index (χ0n) is 15.6. The second-order valence-electron chi connectivity index (χ2n) is 7.96. The Morgan fingerprint density at radius 2 is 1.70 bits per heavy atom. The summed E-state index contributed by atoms with van der Waals surface area (Å²) in [5.41, 5.74) is 1.78. The van der Waals surface area contributed by atoms with Crippen molar-refractivity contribution < 1.29 is 13.6 Å². The van der Waals surface area contributed by atoms with Gasteiger partial charge in [-0.3, -0.25) is 9.69 Å². The maximum Gasteiger partial charge on any atom is 0.166 e. The SMILES string of the molecule is Cc1c(C(=O)C2CC3CCCC(C2)N3Cc2ccccc2)ccc(F)c1F. The summed E-state index contributed by atoms with van der Waals surface area (Å²) < 4.78 is 27.3. The number of hydrogen-bond donors (Lipinski definition) is 0. The van der Waals surface area contributed by atoms with Gasteiger partial charge in [0, 0.05) is 30.1 Å². The summed E-state index contributed by atoms with van der Waals surface area (Å²) in [7, 11) is 0. The lowest BCUT2D eigenvalue weighted by Gasteiger charge is -2.48. The van der Waals surface area contributed by atoms with Gasteiger partial charge >= 0.3 is 0 Å². The molecule has 2 aromatic carbocycles. The van der Waals surface area contributed by atoms with E-state index in [1.807, 2.05) is 6.07 Å². The molecule has 2 unspecified atom stereocenters. The van der Waals surface area contributed by atoms with Gasteiger partial charge in [-0.25, -0.2) is 8.78 Å². The Morgan fingerprint density at radius 1 is 1.04 bits per heavy atom. The van der Waals surface area contributed by atoms with Gasteiger partial charge in [-0.2, -0.15) is 0 Å². The lowest BCUT2D eigenvalue weighted by Crippen LogP contribution is -2.52. The first kappa shape index (κ1) is 18.3. The van der Waals surface area contributed by atoms with E-state index in [2.05, 4.69) is 29.2 Å². The quantitative estimate of drug-likeness (QED) is 0.683. The Bertz CT molecular complexity index is 822. The molecule has 0 amide bonds. The fourth-order valence-electron chi connectivity index (χ4n) is 4.88. The van der Waals surface area contributed by atoms with E-state index < -0.39 is 11.6 Å². The summed E-state index contributed by atoms with van der Waals surface area (Å²) in [6.07, 6.45) is 5.01. The predicted octanol–water partition coefficient (Wildman–Crippen LogP) is 5.29. The predicted molar refractivity (Wildman–Crippen MR) is 102 cm³/mol. The molecule has 2 aromatic rings. The van der Waals surface area contributed by atoms with Crippen LogP contribution in [0.4, 0.5) is 8.78 Å². The molecule has 4 rings (SSSR count). The van der Waals surface area contributed by atoms with Crippen LogP contribution in [0.15, 0.2) is 42.5 Å². The minimum absolute atomic E-state index is 0.0253. The Kier molecular flexibility index (Phi) is 5.09. The molecule has 2 bridgehead atoms. The smallest absolute Gasteiger partial charge is 0.166 e. The van der Waals surface area contributed by atoms with Crippen molar-refractivity contribution in [3.05, 3.63) is 70.8 Å². The monoisotopic (exact) mass is 369 g/mol. The maximum absolute atomic E-state index is 13.9. The first-order valence-corrected chi connectivity index (χ1v) is 9.83. The third-order valence-electron chi connectivity index (χ3n) is 6.31. The average Bonchev–Trinajstić information content (AvgIpc) is 2.66. The molecule has 2 atom stereocenters. The first-order valence-electron chi connectivity index (χ1n) is 9.83. The molecule has 2 aliphatic rings. The largest absolute Gasteiger partial charge is 0.294 e. The van der Waals surface area contributed by atoms with Crippen LogP contribution < -0.4 is 0 Å². The third-order valence-corrected chi connectivity index (χ3v) is 6.31. The summed E-state index contributed by atoms with van der Waals surface area (Å²) in [5.74, 6) is -1.92. The molecule has 4 heteroatoms. The van der Waals surface area contributed by atoms with E-state index in [1.165, 1.54) is 25.0 Å². The van der Waals surface area contributed by atoms with Gasteiger partial charge in [-0.05, 0) is 55.9 Å². The Labute approximate surface area is 159 Å². The number of halogens is 2. The van der Waals surface area contributed by atoms with Crippen LogP contribution in [0.25, 0.3) is 0 Å². The lowest BCUT2D eigenvalue weighted by atomic mass is 9.75. The maximum atomic E-state index is 13.9. The summed E-state index contributed by atoms with van der Waals surface area (Å²) in [4.78, 5) is 15.6. The minimum atomic E-state index is -0.900. The molecular formula is C23H25F2NO. The first-order chi connectivity index (χ1) is 13.0. The number of fused-ring (bicyclic) bond motifs is 2. The zero-order valence-corrected chi connectivity index (χ0v) is 15.6. The Balaban J connectivity index is 1.53. The normalized spacial score (nSPS) is 25.4. The number of Topliss-reactive ketones (excluding diaryl/α,β-unsaturated/α-hetero) is 1. The minimum Gasteiger partial charge on any atom is -0.294 e. The van der Waals surface area contributed by atoms with E-state index in [4.69, 9.17) is 0 Å². The summed E-state index contributed by atoms with van der Waals surface area (Å²) in [6, 6.07) is 13.7. The molecule has 27 heavy (non-hydrogen) atoms. The van der Waals surface area contributed by atoms with Crippen LogP contribution in [0.3, 0.4) is 0 Å². The fourth-order valence-corrected chi connectivity index (χ4v) is 4.88. The fraction of sp³-hybridized carbons (Fsp3) is 0.435. The van der Waals surface area contributed by atoms with Gasteiger partial charge in [0.2, 0.25) is 0 Å². The molecule has 0 N–H and O–H groups in total. The van der Waals surface area contributed by atoms with Crippen molar-refractivity contribution in [1.29, 1.82) is 0 Å². The van der Waals surface area contributed by atoms with Crippen molar-refractivity contribution in [2.75, 3.05) is 0 Å². The van der Waals surface area contributed by atoms with Crippen LogP contribution >= 0.6 is 0 Å². The number of ketones is 1. The van der Waals surface area contributed by atoms with Gasteiger partial charge in [0.05, 0.1) is 0 Å². The Morgan fingerprint density at radius 3 is 2.37 bits per heavy atom. The highest BCUT2D eigenvalue weighted by Crippen LogP contribution is 2.39. The summed E-state index contributed by atoms with van der Waals surface area (Å²) >= 11 is 0. The van der Waals surface area contributed by atoms with Gasteiger partial charge in [-0.1, -0.05) is 36.8 Å². The van der Waals surface area contributed by atoms with Gasteiger partial charge < -0.3 is 0 Å². The van der Waals surface area contributed by atoms with Crippen molar-refractivity contribution in [3.63, 3.8) is 0 Å². The number of piperidine rings is 2. The molecule has 2 heterocycles. The van der Waals surface area contributed by atoms with E-state index in [0.717, 1.165) is 38.3 Å². The van der Waals surface area contributed by atoms with Crippen LogP contribution in [0.1, 0.15) is 53.6 Å². The van der Waals surface area contributed by atoms with Crippen LogP contribution in [-0.2, 0) is 6.54 Å². The van der Waals surface area contributed by atoms with E-state index >= 15 is 0 Å². The Hall–Kier alpha value is -2.07. The van der Waals surface area contributed by atoms with E-state index in [1.54, 1.807) is 0 Å². The number of rotatable bonds is 4. The number of carbonyl (C=O) groups is 1. The zero-order chi connectivity index (χ0) is 19.0. The van der Waals surface area contributed by atoms with Crippen LogP contribution in [-0.4, -0.2) is 22.8 Å².